The highest BCUT2D eigenvalue weighted by Gasteiger charge is 2.59. The van der Waals surface area contributed by atoms with Crippen molar-refractivity contribution in [2.75, 3.05) is 13.1 Å². The van der Waals surface area contributed by atoms with E-state index in [9.17, 15) is 9.59 Å². The average molecular weight is 318 g/mol. The third-order valence-electron chi connectivity index (χ3n) is 3.95. The third kappa shape index (κ3) is 3.57. The molecule has 0 bridgehead atoms. The topological polar surface area (TPSA) is 58.9 Å². The molecule has 2 amide bonds. The first-order valence-electron chi connectivity index (χ1n) is 7.82. The van der Waals surface area contributed by atoms with E-state index < -0.39 is 5.60 Å². The second-order valence-corrected chi connectivity index (χ2v) is 6.97. The number of benzene rings is 1. The van der Waals surface area contributed by atoms with Crippen LogP contribution in [0.2, 0.25) is 0 Å². The molecular formula is C17H22N2O4. The number of carbonyl (C=O) groups is 2. The van der Waals surface area contributed by atoms with Crippen LogP contribution in [0.15, 0.2) is 30.3 Å². The van der Waals surface area contributed by atoms with Crippen molar-refractivity contribution in [3.05, 3.63) is 35.9 Å². The van der Waals surface area contributed by atoms with E-state index in [2.05, 4.69) is 0 Å². The zero-order valence-electron chi connectivity index (χ0n) is 13.7. The van der Waals surface area contributed by atoms with Gasteiger partial charge in [0.05, 0.1) is 12.1 Å². The molecule has 0 aromatic heterocycles. The van der Waals surface area contributed by atoms with Gasteiger partial charge in [0, 0.05) is 13.1 Å². The van der Waals surface area contributed by atoms with Crippen LogP contribution in [-0.4, -0.2) is 52.8 Å². The number of piperazine rings is 1. The van der Waals surface area contributed by atoms with Crippen molar-refractivity contribution in [3.8, 4) is 0 Å². The zero-order chi connectivity index (χ0) is 16.6. The van der Waals surface area contributed by atoms with Gasteiger partial charge < -0.3 is 14.4 Å². The van der Waals surface area contributed by atoms with Crippen molar-refractivity contribution in [2.45, 2.75) is 45.1 Å². The fourth-order valence-corrected chi connectivity index (χ4v) is 2.83. The van der Waals surface area contributed by atoms with Crippen molar-refractivity contribution in [3.63, 3.8) is 0 Å². The van der Waals surface area contributed by atoms with Gasteiger partial charge in [-0.1, -0.05) is 30.3 Å². The molecule has 0 radical (unpaired) electrons. The largest absolute Gasteiger partial charge is 0.445 e. The lowest BCUT2D eigenvalue weighted by atomic mass is 10.2. The van der Waals surface area contributed by atoms with Gasteiger partial charge in [-0.15, -0.1) is 0 Å². The molecule has 0 spiro atoms. The highest BCUT2D eigenvalue weighted by atomic mass is 16.6. The van der Waals surface area contributed by atoms with E-state index in [-0.39, 0.29) is 30.9 Å². The maximum Gasteiger partial charge on any atom is 0.411 e. The van der Waals surface area contributed by atoms with Crippen LogP contribution >= 0.6 is 0 Å². The summed E-state index contributed by atoms with van der Waals surface area (Å²) >= 11 is 0. The molecule has 0 unspecified atom stereocenters. The Morgan fingerprint density at radius 1 is 1.09 bits per heavy atom. The van der Waals surface area contributed by atoms with Crippen LogP contribution in [0.5, 0.6) is 0 Å². The van der Waals surface area contributed by atoms with Gasteiger partial charge in [0.2, 0.25) is 0 Å². The molecule has 0 saturated carbocycles. The third-order valence-corrected chi connectivity index (χ3v) is 3.95. The van der Waals surface area contributed by atoms with E-state index in [1.165, 1.54) is 0 Å². The smallest absolute Gasteiger partial charge is 0.411 e. The van der Waals surface area contributed by atoms with E-state index >= 15 is 0 Å². The number of carbonyl (C=O) groups excluding carboxylic acids is 2. The summed E-state index contributed by atoms with van der Waals surface area (Å²) in [6.07, 6.45) is -0.630. The minimum Gasteiger partial charge on any atom is -0.445 e. The predicted octanol–water partition coefficient (Wildman–Crippen LogP) is 2.63. The van der Waals surface area contributed by atoms with Gasteiger partial charge in [-0.2, -0.15) is 0 Å². The molecule has 2 fully saturated rings. The Hall–Kier alpha value is -2.24. The zero-order valence-corrected chi connectivity index (χ0v) is 13.7. The van der Waals surface area contributed by atoms with Gasteiger partial charge in [-0.25, -0.2) is 9.59 Å². The van der Waals surface area contributed by atoms with E-state index in [4.69, 9.17) is 9.47 Å². The van der Waals surface area contributed by atoms with Gasteiger partial charge in [0.1, 0.15) is 12.2 Å². The molecule has 2 saturated heterocycles. The lowest BCUT2D eigenvalue weighted by Crippen LogP contribution is -2.38. The number of likely N-dealkylation sites (tertiary alicyclic amines) is 1. The van der Waals surface area contributed by atoms with Crippen LogP contribution < -0.4 is 0 Å². The summed E-state index contributed by atoms with van der Waals surface area (Å²) in [4.78, 5) is 27.4. The first kappa shape index (κ1) is 15.6. The quantitative estimate of drug-likeness (QED) is 0.787. The molecule has 6 heteroatoms. The molecule has 6 nitrogen and oxygen atoms in total. The number of nitrogens with zero attached hydrogens (tertiary/aromatic N) is 2. The summed E-state index contributed by atoms with van der Waals surface area (Å²) in [5, 5.41) is 0. The summed E-state index contributed by atoms with van der Waals surface area (Å²) in [5.41, 5.74) is 0.461. The molecule has 3 rings (SSSR count). The summed E-state index contributed by atoms with van der Waals surface area (Å²) in [6, 6.07) is 9.70. The highest BCUT2D eigenvalue weighted by molar-refractivity contribution is 5.75. The van der Waals surface area contributed by atoms with E-state index in [1.807, 2.05) is 51.1 Å². The SMILES string of the molecule is CC(C)(C)OC(=O)N1[C@@H]2CN(C(=O)OCc3ccccc3)C[C@@H]21. The van der Waals surface area contributed by atoms with Crippen LogP contribution in [0.25, 0.3) is 0 Å². The van der Waals surface area contributed by atoms with Gasteiger partial charge in [-0.3, -0.25) is 4.90 Å². The molecule has 0 N–H and O–H groups in total. The molecule has 1 aromatic rings. The summed E-state index contributed by atoms with van der Waals surface area (Å²) in [7, 11) is 0. The van der Waals surface area contributed by atoms with Crippen LogP contribution in [0.3, 0.4) is 0 Å². The maximum atomic E-state index is 12.1. The minimum absolute atomic E-state index is 0.0640. The van der Waals surface area contributed by atoms with Crippen LogP contribution in [0.1, 0.15) is 26.3 Å². The molecule has 1 aromatic carbocycles. The second kappa shape index (κ2) is 5.76. The van der Waals surface area contributed by atoms with Gasteiger partial charge in [0.15, 0.2) is 0 Å². The van der Waals surface area contributed by atoms with Crippen LogP contribution in [0, 0.1) is 0 Å². The van der Waals surface area contributed by atoms with Crippen molar-refractivity contribution in [1.82, 2.24) is 9.80 Å². The number of rotatable bonds is 2. The van der Waals surface area contributed by atoms with Gasteiger partial charge in [-0.05, 0) is 26.3 Å². The van der Waals surface area contributed by atoms with Gasteiger partial charge in [0.25, 0.3) is 0 Å². The molecule has 2 aliphatic rings. The number of amides is 2. The Morgan fingerprint density at radius 3 is 2.26 bits per heavy atom. The molecule has 2 aliphatic heterocycles. The fraction of sp³-hybridized carbons (Fsp3) is 0.529. The molecular weight excluding hydrogens is 296 g/mol. The van der Waals surface area contributed by atoms with Crippen molar-refractivity contribution in [1.29, 1.82) is 0 Å². The second-order valence-electron chi connectivity index (χ2n) is 6.97. The minimum atomic E-state index is -0.498. The Balaban J connectivity index is 1.44. The number of hydrogen-bond donors (Lipinski definition) is 0. The van der Waals surface area contributed by atoms with Crippen molar-refractivity contribution in [2.24, 2.45) is 0 Å². The van der Waals surface area contributed by atoms with Gasteiger partial charge >= 0.3 is 12.2 Å². The first-order valence-corrected chi connectivity index (χ1v) is 7.82. The van der Waals surface area contributed by atoms with E-state index in [0.29, 0.717) is 13.1 Å². The summed E-state index contributed by atoms with van der Waals surface area (Å²) < 4.78 is 10.7. The molecule has 23 heavy (non-hydrogen) atoms. The number of hydrogen-bond acceptors (Lipinski definition) is 4. The highest BCUT2D eigenvalue weighted by Crippen LogP contribution is 2.37. The summed E-state index contributed by atoms with van der Waals surface area (Å²) in [6.45, 7) is 6.82. The van der Waals surface area contributed by atoms with Crippen molar-refractivity contribution < 1.29 is 19.1 Å². The van der Waals surface area contributed by atoms with Crippen molar-refractivity contribution >= 4 is 12.2 Å². The average Bonchev–Trinajstić information content (AvgIpc) is 2.99. The summed E-state index contributed by atoms with van der Waals surface area (Å²) in [5.74, 6) is 0. The Labute approximate surface area is 136 Å². The Kier molecular flexibility index (Phi) is 3.92. The fourth-order valence-electron chi connectivity index (χ4n) is 2.83. The van der Waals surface area contributed by atoms with E-state index in [1.54, 1.807) is 9.80 Å². The lowest BCUT2D eigenvalue weighted by molar-refractivity contribution is 0.0351. The molecule has 124 valence electrons. The number of fused-ring (bicyclic) bond motifs is 1. The maximum absolute atomic E-state index is 12.1. The normalized spacial score (nSPS) is 22.6. The molecule has 2 heterocycles. The monoisotopic (exact) mass is 318 g/mol. The standard InChI is InChI=1S/C17H22N2O4/c1-17(2,3)23-16(21)19-13-9-18(10-14(13)19)15(20)22-11-12-7-5-4-6-8-12/h4-8,13-14H,9-11H2,1-3H3/t13-,14+,19?. The number of ether oxygens (including phenoxy) is 2. The molecule has 0 aliphatic carbocycles. The van der Waals surface area contributed by atoms with Crippen LogP contribution in [-0.2, 0) is 16.1 Å². The van der Waals surface area contributed by atoms with Crippen LogP contribution in [0.4, 0.5) is 9.59 Å². The Bertz CT molecular complexity index is 584. The molecule has 2 atom stereocenters. The predicted molar refractivity (Wildman–Crippen MR) is 83.8 cm³/mol. The first-order chi connectivity index (χ1) is 10.8. The Morgan fingerprint density at radius 2 is 1.70 bits per heavy atom. The lowest BCUT2D eigenvalue weighted by Gasteiger charge is -2.23. The van der Waals surface area contributed by atoms with E-state index in [0.717, 1.165) is 5.56 Å².